The number of fused-ring (bicyclic) bond motifs is 2. The SMILES string of the molecule is CC/C(=C\C#N)c1ccc2c(c1)C1(CCCCC1)OC(=O)N2. The second kappa shape index (κ2) is 5.84. The minimum Gasteiger partial charge on any atom is -0.438 e. The number of nitriles is 1. The van der Waals surface area contributed by atoms with Crippen molar-refractivity contribution in [3.63, 3.8) is 0 Å². The molecule has 1 saturated carbocycles. The Morgan fingerprint density at radius 2 is 2.18 bits per heavy atom. The average molecular weight is 296 g/mol. The highest BCUT2D eigenvalue weighted by molar-refractivity contribution is 5.89. The molecule has 0 aromatic heterocycles. The second-order valence-electron chi connectivity index (χ2n) is 5.98. The van der Waals surface area contributed by atoms with E-state index in [0.717, 1.165) is 54.5 Å². The van der Waals surface area contributed by atoms with Gasteiger partial charge in [-0.2, -0.15) is 5.26 Å². The van der Waals surface area contributed by atoms with Crippen LogP contribution in [0.3, 0.4) is 0 Å². The first-order chi connectivity index (χ1) is 10.7. The summed E-state index contributed by atoms with van der Waals surface area (Å²) in [5.41, 5.74) is 3.45. The van der Waals surface area contributed by atoms with Crippen LogP contribution in [0, 0.1) is 11.3 Å². The zero-order chi connectivity index (χ0) is 15.6. The lowest BCUT2D eigenvalue weighted by Gasteiger charge is -2.41. The molecule has 1 aliphatic carbocycles. The van der Waals surface area contributed by atoms with Gasteiger partial charge in [-0.3, -0.25) is 5.32 Å². The third kappa shape index (κ3) is 2.48. The molecule has 4 heteroatoms. The van der Waals surface area contributed by atoms with Gasteiger partial charge in [0.1, 0.15) is 5.60 Å². The lowest BCUT2D eigenvalue weighted by Crippen LogP contribution is -2.41. The number of nitrogens with one attached hydrogen (secondary N) is 1. The van der Waals surface area contributed by atoms with Crippen LogP contribution in [0.2, 0.25) is 0 Å². The number of carbonyl (C=O) groups excluding carboxylic acids is 1. The van der Waals surface area contributed by atoms with Crippen molar-refractivity contribution in [1.29, 1.82) is 5.26 Å². The first-order valence-electron chi connectivity index (χ1n) is 7.92. The summed E-state index contributed by atoms with van der Waals surface area (Å²) >= 11 is 0. The predicted octanol–water partition coefficient (Wildman–Crippen LogP) is 4.73. The number of ether oxygens (including phenoxy) is 1. The molecular weight excluding hydrogens is 276 g/mol. The number of nitrogens with zero attached hydrogens (tertiary/aromatic N) is 1. The Morgan fingerprint density at radius 3 is 2.86 bits per heavy atom. The van der Waals surface area contributed by atoms with E-state index in [2.05, 4.69) is 17.5 Å². The quantitative estimate of drug-likeness (QED) is 0.803. The van der Waals surface area contributed by atoms with Crippen LogP contribution >= 0.6 is 0 Å². The Hall–Kier alpha value is -2.28. The van der Waals surface area contributed by atoms with E-state index >= 15 is 0 Å². The number of benzene rings is 1. The Balaban J connectivity index is 2.09. The highest BCUT2D eigenvalue weighted by Gasteiger charge is 2.42. The molecule has 0 saturated heterocycles. The molecule has 2 aliphatic rings. The molecule has 1 amide bonds. The Bertz CT molecular complexity index is 664. The van der Waals surface area contributed by atoms with Gasteiger partial charge in [0.05, 0.1) is 11.8 Å². The summed E-state index contributed by atoms with van der Waals surface area (Å²) in [6, 6.07) is 8.10. The van der Waals surface area contributed by atoms with Gasteiger partial charge in [0.2, 0.25) is 0 Å². The van der Waals surface area contributed by atoms with E-state index in [1.165, 1.54) is 6.42 Å². The van der Waals surface area contributed by atoms with Gasteiger partial charge < -0.3 is 4.74 Å². The van der Waals surface area contributed by atoms with Crippen LogP contribution < -0.4 is 5.32 Å². The van der Waals surface area contributed by atoms with Gasteiger partial charge in [-0.15, -0.1) is 0 Å². The van der Waals surface area contributed by atoms with Gasteiger partial charge in [-0.1, -0.05) is 19.4 Å². The van der Waals surface area contributed by atoms with E-state index in [0.29, 0.717) is 0 Å². The molecule has 3 rings (SSSR count). The van der Waals surface area contributed by atoms with Crippen LogP contribution in [0.5, 0.6) is 0 Å². The van der Waals surface area contributed by atoms with E-state index in [-0.39, 0.29) is 6.09 Å². The van der Waals surface area contributed by atoms with Gasteiger partial charge in [0.25, 0.3) is 0 Å². The second-order valence-corrected chi connectivity index (χ2v) is 5.98. The van der Waals surface area contributed by atoms with Crippen LogP contribution in [0.4, 0.5) is 10.5 Å². The monoisotopic (exact) mass is 296 g/mol. The highest BCUT2D eigenvalue weighted by Crippen LogP contribution is 2.46. The molecule has 1 fully saturated rings. The van der Waals surface area contributed by atoms with Crippen molar-refractivity contribution in [3.8, 4) is 6.07 Å². The summed E-state index contributed by atoms with van der Waals surface area (Å²) in [4.78, 5) is 11.9. The van der Waals surface area contributed by atoms with E-state index in [4.69, 9.17) is 10.00 Å². The number of amides is 1. The molecule has 114 valence electrons. The number of allylic oxidation sites excluding steroid dienone is 2. The standard InChI is InChI=1S/C18H20N2O2/c1-2-13(8-11-19)14-6-7-16-15(12-14)18(22-17(21)20-16)9-4-3-5-10-18/h6-8,12H,2-5,9-10H2,1H3,(H,20,21)/b13-8+. The minimum atomic E-state index is -0.489. The topological polar surface area (TPSA) is 62.1 Å². The third-order valence-corrected chi connectivity index (χ3v) is 4.69. The Morgan fingerprint density at radius 1 is 1.41 bits per heavy atom. The van der Waals surface area contributed by atoms with Gasteiger partial charge >= 0.3 is 6.09 Å². The maximum atomic E-state index is 11.9. The number of hydrogen-bond acceptors (Lipinski definition) is 3. The number of rotatable bonds is 2. The molecule has 0 atom stereocenters. The summed E-state index contributed by atoms with van der Waals surface area (Å²) in [5.74, 6) is 0. The molecule has 4 nitrogen and oxygen atoms in total. The van der Waals surface area contributed by atoms with Gasteiger partial charge in [0.15, 0.2) is 0 Å². The van der Waals surface area contributed by atoms with Crippen molar-refractivity contribution in [3.05, 3.63) is 35.4 Å². The fourth-order valence-electron chi connectivity index (χ4n) is 3.56. The third-order valence-electron chi connectivity index (χ3n) is 4.69. The molecule has 1 aromatic rings. The Labute approximate surface area is 130 Å². The molecule has 0 unspecified atom stereocenters. The van der Waals surface area contributed by atoms with Gasteiger partial charge in [0, 0.05) is 11.6 Å². The first-order valence-corrected chi connectivity index (χ1v) is 7.92. The van der Waals surface area contributed by atoms with Crippen LogP contribution in [0.1, 0.15) is 56.6 Å². The smallest absolute Gasteiger partial charge is 0.412 e. The molecule has 1 aromatic carbocycles. The van der Waals surface area contributed by atoms with Crippen molar-refractivity contribution in [2.45, 2.75) is 51.0 Å². The van der Waals surface area contributed by atoms with E-state index < -0.39 is 5.60 Å². The van der Waals surface area contributed by atoms with Crippen LogP contribution in [0.15, 0.2) is 24.3 Å². The van der Waals surface area contributed by atoms with Crippen molar-refractivity contribution in [1.82, 2.24) is 0 Å². The summed E-state index contributed by atoms with van der Waals surface area (Å²) in [6.45, 7) is 2.04. The van der Waals surface area contributed by atoms with Crippen LogP contribution in [-0.2, 0) is 10.3 Å². The van der Waals surface area contributed by atoms with Crippen molar-refractivity contribution >= 4 is 17.4 Å². The molecule has 1 aliphatic heterocycles. The number of carbonyl (C=O) groups is 1. The largest absolute Gasteiger partial charge is 0.438 e. The molecule has 1 spiro atoms. The summed E-state index contributed by atoms with van der Waals surface area (Å²) < 4.78 is 5.74. The van der Waals surface area contributed by atoms with E-state index in [9.17, 15) is 4.79 Å². The fourth-order valence-corrected chi connectivity index (χ4v) is 3.56. The first kappa shape index (κ1) is 14.6. The van der Waals surface area contributed by atoms with Crippen LogP contribution in [0.25, 0.3) is 5.57 Å². The normalized spacial score (nSPS) is 19.8. The zero-order valence-corrected chi connectivity index (χ0v) is 12.8. The molecule has 1 heterocycles. The molecule has 22 heavy (non-hydrogen) atoms. The maximum absolute atomic E-state index is 11.9. The lowest BCUT2D eigenvalue weighted by molar-refractivity contribution is -0.0179. The summed E-state index contributed by atoms with van der Waals surface area (Å²) in [6.07, 6.45) is 7.13. The number of hydrogen-bond donors (Lipinski definition) is 1. The highest BCUT2D eigenvalue weighted by atomic mass is 16.6. The van der Waals surface area contributed by atoms with Crippen molar-refractivity contribution < 1.29 is 9.53 Å². The lowest BCUT2D eigenvalue weighted by atomic mass is 9.77. The average Bonchev–Trinajstić information content (AvgIpc) is 2.53. The molecule has 0 bridgehead atoms. The predicted molar refractivity (Wildman–Crippen MR) is 85.2 cm³/mol. The van der Waals surface area contributed by atoms with Gasteiger partial charge in [-0.25, -0.2) is 4.79 Å². The molecule has 1 N–H and O–H groups in total. The van der Waals surface area contributed by atoms with E-state index in [1.807, 2.05) is 19.1 Å². The van der Waals surface area contributed by atoms with Crippen molar-refractivity contribution in [2.24, 2.45) is 0 Å². The minimum absolute atomic E-state index is 0.356. The molecular formula is C18H20N2O2. The van der Waals surface area contributed by atoms with Crippen molar-refractivity contribution in [2.75, 3.05) is 5.32 Å². The summed E-state index contributed by atoms with van der Waals surface area (Å²) in [5, 5.41) is 11.7. The Kier molecular flexibility index (Phi) is 3.89. The van der Waals surface area contributed by atoms with Crippen LogP contribution in [-0.4, -0.2) is 6.09 Å². The van der Waals surface area contributed by atoms with Gasteiger partial charge in [-0.05, 0) is 55.4 Å². The number of anilines is 1. The fraction of sp³-hybridized carbons (Fsp3) is 0.444. The summed E-state index contributed by atoms with van der Waals surface area (Å²) in [7, 11) is 0. The zero-order valence-electron chi connectivity index (χ0n) is 12.8. The maximum Gasteiger partial charge on any atom is 0.412 e. The van der Waals surface area contributed by atoms with E-state index in [1.54, 1.807) is 6.08 Å². The molecule has 0 radical (unpaired) electrons.